The molecule has 3 N–H and O–H groups in total. The molecule has 0 unspecified atom stereocenters. The molecule has 2 rings (SSSR count). The van der Waals surface area contributed by atoms with E-state index >= 15 is 0 Å². The van der Waals surface area contributed by atoms with Gasteiger partial charge in [-0.2, -0.15) is 5.10 Å². The van der Waals surface area contributed by atoms with E-state index in [9.17, 15) is 9.50 Å². The largest absolute Gasteiger partial charge is 0.507 e. The molecular weight excluding hydrogens is 277 g/mol. The van der Waals surface area contributed by atoms with Gasteiger partial charge < -0.3 is 10.4 Å². The van der Waals surface area contributed by atoms with Crippen LogP contribution < -0.4 is 10.7 Å². The number of nitrogens with one attached hydrogen (secondary N) is 2. The summed E-state index contributed by atoms with van der Waals surface area (Å²) in [5.74, 6) is -0.178. The van der Waals surface area contributed by atoms with Crippen LogP contribution in [0.4, 0.5) is 10.1 Å². The third-order valence-corrected chi connectivity index (χ3v) is 2.60. The van der Waals surface area contributed by atoms with Crippen LogP contribution in [0.15, 0.2) is 53.6 Å². The molecule has 6 heteroatoms. The molecule has 0 aliphatic carbocycles. The lowest BCUT2D eigenvalue weighted by molar-refractivity contribution is 0.474. The van der Waals surface area contributed by atoms with Gasteiger partial charge in [0, 0.05) is 11.3 Å². The second-order valence-electron chi connectivity index (χ2n) is 3.89. The van der Waals surface area contributed by atoms with Crippen molar-refractivity contribution >= 4 is 29.2 Å². The van der Waals surface area contributed by atoms with Crippen LogP contribution >= 0.6 is 12.2 Å². The van der Waals surface area contributed by atoms with Crippen molar-refractivity contribution in [3.8, 4) is 5.75 Å². The summed E-state index contributed by atoms with van der Waals surface area (Å²) in [5.41, 5.74) is 3.83. The number of rotatable bonds is 3. The highest BCUT2D eigenvalue weighted by molar-refractivity contribution is 7.80. The Balaban J connectivity index is 1.89. The van der Waals surface area contributed by atoms with Crippen LogP contribution in [-0.4, -0.2) is 16.4 Å². The molecule has 2 aromatic rings. The quantitative estimate of drug-likeness (QED) is 0.462. The summed E-state index contributed by atoms with van der Waals surface area (Å²) in [6.07, 6.45) is 1.45. The maximum absolute atomic E-state index is 12.7. The van der Waals surface area contributed by atoms with Gasteiger partial charge in [0.15, 0.2) is 5.11 Å². The van der Waals surface area contributed by atoms with E-state index in [1.807, 2.05) is 0 Å². The molecule has 102 valence electrons. The number of hydrazone groups is 1. The van der Waals surface area contributed by atoms with Gasteiger partial charge in [-0.3, -0.25) is 5.43 Å². The van der Waals surface area contributed by atoms with Crippen molar-refractivity contribution in [2.75, 3.05) is 5.32 Å². The molecule has 0 saturated heterocycles. The van der Waals surface area contributed by atoms with E-state index in [-0.39, 0.29) is 16.7 Å². The summed E-state index contributed by atoms with van der Waals surface area (Å²) in [7, 11) is 0. The normalized spacial score (nSPS) is 10.4. The van der Waals surface area contributed by atoms with Gasteiger partial charge in [-0.1, -0.05) is 12.1 Å². The molecule has 4 nitrogen and oxygen atoms in total. The molecule has 0 fully saturated rings. The highest BCUT2D eigenvalue weighted by Gasteiger charge is 1.97. The average molecular weight is 289 g/mol. The number of phenols is 1. The van der Waals surface area contributed by atoms with Crippen LogP contribution in [0.25, 0.3) is 0 Å². The van der Waals surface area contributed by atoms with Crippen LogP contribution in [0.3, 0.4) is 0 Å². The van der Waals surface area contributed by atoms with Crippen molar-refractivity contribution in [2.45, 2.75) is 0 Å². The molecule has 0 aromatic heterocycles. The minimum absolute atomic E-state index is 0.135. The molecule has 0 heterocycles. The zero-order valence-electron chi connectivity index (χ0n) is 10.4. The fraction of sp³-hybridized carbons (Fsp3) is 0. The van der Waals surface area contributed by atoms with Crippen LogP contribution in [-0.2, 0) is 0 Å². The molecular formula is C14H12FN3OS. The van der Waals surface area contributed by atoms with Gasteiger partial charge >= 0.3 is 0 Å². The Labute approximate surface area is 121 Å². The van der Waals surface area contributed by atoms with Crippen molar-refractivity contribution < 1.29 is 9.50 Å². The van der Waals surface area contributed by atoms with Crippen molar-refractivity contribution in [3.63, 3.8) is 0 Å². The van der Waals surface area contributed by atoms with Gasteiger partial charge in [0.2, 0.25) is 0 Å². The maximum Gasteiger partial charge on any atom is 0.191 e. The Morgan fingerprint density at radius 3 is 2.55 bits per heavy atom. The fourth-order valence-corrected chi connectivity index (χ4v) is 1.62. The Morgan fingerprint density at radius 2 is 1.85 bits per heavy atom. The van der Waals surface area contributed by atoms with Crippen LogP contribution in [0.1, 0.15) is 5.56 Å². The summed E-state index contributed by atoms with van der Waals surface area (Å²) >= 11 is 5.02. The van der Waals surface area contributed by atoms with Gasteiger partial charge in [-0.05, 0) is 48.6 Å². The standard InChI is InChI=1S/C14H12FN3OS/c15-11-5-7-12(8-6-11)17-14(20)18-16-9-10-3-1-2-4-13(10)19/h1-9,19H,(H2,17,18,20)/b16-9+. The molecule has 0 aliphatic heterocycles. The molecule has 0 saturated carbocycles. The zero-order chi connectivity index (χ0) is 14.4. The number of hydrogen-bond donors (Lipinski definition) is 3. The number of para-hydroxylation sites is 1. The van der Waals surface area contributed by atoms with Gasteiger partial charge in [-0.25, -0.2) is 4.39 Å². The number of aromatic hydroxyl groups is 1. The van der Waals surface area contributed by atoms with Crippen molar-refractivity contribution in [1.82, 2.24) is 5.43 Å². The Hall–Kier alpha value is -2.47. The van der Waals surface area contributed by atoms with Gasteiger partial charge in [0.05, 0.1) is 6.21 Å². The maximum atomic E-state index is 12.7. The van der Waals surface area contributed by atoms with Crippen LogP contribution in [0.2, 0.25) is 0 Å². The lowest BCUT2D eigenvalue weighted by Crippen LogP contribution is -2.23. The Kier molecular flexibility index (Phi) is 4.62. The summed E-state index contributed by atoms with van der Waals surface area (Å²) in [6, 6.07) is 12.6. The summed E-state index contributed by atoms with van der Waals surface area (Å²) in [6.45, 7) is 0. The van der Waals surface area contributed by atoms with Gasteiger partial charge in [0.25, 0.3) is 0 Å². The monoisotopic (exact) mass is 289 g/mol. The van der Waals surface area contributed by atoms with Crippen molar-refractivity contribution in [3.05, 3.63) is 59.9 Å². The average Bonchev–Trinajstić information content (AvgIpc) is 2.43. The first kappa shape index (κ1) is 14.0. The van der Waals surface area contributed by atoms with Crippen LogP contribution in [0, 0.1) is 5.82 Å². The summed E-state index contributed by atoms with van der Waals surface area (Å²) < 4.78 is 12.7. The number of anilines is 1. The third kappa shape index (κ3) is 4.03. The lowest BCUT2D eigenvalue weighted by atomic mass is 10.2. The van der Waals surface area contributed by atoms with E-state index in [0.717, 1.165) is 0 Å². The van der Waals surface area contributed by atoms with Crippen molar-refractivity contribution in [2.24, 2.45) is 5.10 Å². The smallest absolute Gasteiger partial charge is 0.191 e. The first-order chi connectivity index (χ1) is 9.65. The lowest BCUT2D eigenvalue weighted by Gasteiger charge is -2.06. The third-order valence-electron chi connectivity index (χ3n) is 2.41. The molecule has 0 bridgehead atoms. The highest BCUT2D eigenvalue weighted by Crippen LogP contribution is 2.12. The number of thiocarbonyl (C=S) groups is 1. The SMILES string of the molecule is Oc1ccccc1/C=N/NC(=S)Nc1ccc(F)cc1. The van der Waals surface area contributed by atoms with E-state index in [2.05, 4.69) is 15.8 Å². The second-order valence-corrected chi connectivity index (χ2v) is 4.30. The van der Waals surface area contributed by atoms with E-state index in [1.54, 1.807) is 36.4 Å². The highest BCUT2D eigenvalue weighted by atomic mass is 32.1. The molecule has 0 aliphatic rings. The van der Waals surface area contributed by atoms with E-state index < -0.39 is 0 Å². The molecule has 0 spiro atoms. The first-order valence-corrected chi connectivity index (χ1v) is 6.19. The van der Waals surface area contributed by atoms with Gasteiger partial charge in [-0.15, -0.1) is 0 Å². The molecule has 0 atom stereocenters. The van der Waals surface area contributed by atoms with Crippen LogP contribution in [0.5, 0.6) is 5.75 Å². The minimum atomic E-state index is -0.313. The molecule has 2 aromatic carbocycles. The Morgan fingerprint density at radius 1 is 1.15 bits per heavy atom. The summed E-state index contributed by atoms with van der Waals surface area (Å²) in [5, 5.41) is 16.6. The summed E-state index contributed by atoms with van der Waals surface area (Å²) in [4.78, 5) is 0. The second kappa shape index (κ2) is 6.63. The topological polar surface area (TPSA) is 56.7 Å². The number of nitrogens with zero attached hydrogens (tertiary/aromatic N) is 1. The number of benzene rings is 2. The van der Waals surface area contributed by atoms with Gasteiger partial charge in [0.1, 0.15) is 11.6 Å². The van der Waals surface area contributed by atoms with E-state index in [4.69, 9.17) is 12.2 Å². The minimum Gasteiger partial charge on any atom is -0.507 e. The van der Waals surface area contributed by atoms with E-state index in [1.165, 1.54) is 18.3 Å². The molecule has 0 amide bonds. The molecule has 0 radical (unpaired) electrons. The van der Waals surface area contributed by atoms with E-state index in [0.29, 0.717) is 11.3 Å². The first-order valence-electron chi connectivity index (χ1n) is 5.79. The molecule has 20 heavy (non-hydrogen) atoms. The zero-order valence-corrected chi connectivity index (χ0v) is 11.2. The predicted molar refractivity (Wildman–Crippen MR) is 81.5 cm³/mol. The number of hydrogen-bond acceptors (Lipinski definition) is 3. The predicted octanol–water partition coefficient (Wildman–Crippen LogP) is 2.85. The number of phenolic OH excluding ortho intramolecular Hbond substituents is 1. The fourth-order valence-electron chi connectivity index (χ4n) is 1.45. The Bertz CT molecular complexity index is 629. The number of halogens is 1. The van der Waals surface area contributed by atoms with Crippen molar-refractivity contribution in [1.29, 1.82) is 0 Å².